The molecule has 0 spiro atoms. The van der Waals surface area contributed by atoms with E-state index in [-0.39, 0.29) is 5.56 Å². The van der Waals surface area contributed by atoms with Gasteiger partial charge in [-0.05, 0) is 30.3 Å². The van der Waals surface area contributed by atoms with Gasteiger partial charge in [-0.15, -0.1) is 11.8 Å². The maximum Gasteiger partial charge on any atom is 0.258 e. The fourth-order valence-corrected chi connectivity index (χ4v) is 2.86. The Kier molecular flexibility index (Phi) is 3.76. The van der Waals surface area contributed by atoms with Crippen molar-refractivity contribution in [1.29, 1.82) is 0 Å². The van der Waals surface area contributed by atoms with Crippen LogP contribution < -0.4 is 5.56 Å². The number of nitrogens with zero attached hydrogens (tertiary/aromatic N) is 1. The minimum atomic E-state index is -0.152. The Morgan fingerprint density at radius 1 is 1.15 bits per heavy atom. The van der Waals surface area contributed by atoms with E-state index >= 15 is 0 Å². The Bertz CT molecular complexity index is 802. The van der Waals surface area contributed by atoms with Gasteiger partial charge in [-0.1, -0.05) is 29.8 Å². The second-order valence-electron chi connectivity index (χ2n) is 4.28. The van der Waals surface area contributed by atoms with E-state index in [1.165, 1.54) is 0 Å². The van der Waals surface area contributed by atoms with Crippen LogP contribution in [0.15, 0.2) is 58.2 Å². The topological polar surface area (TPSA) is 45.8 Å². The number of thioether (sulfide) groups is 1. The van der Waals surface area contributed by atoms with Crippen LogP contribution in [0.5, 0.6) is 0 Å². The maximum atomic E-state index is 12.0. The molecule has 0 saturated carbocycles. The zero-order valence-corrected chi connectivity index (χ0v) is 12.0. The van der Waals surface area contributed by atoms with E-state index in [1.54, 1.807) is 30.0 Å². The molecule has 0 amide bonds. The lowest BCUT2D eigenvalue weighted by molar-refractivity contribution is 1.04. The molecule has 0 bridgehead atoms. The first-order chi connectivity index (χ1) is 9.72. The Labute approximate surface area is 125 Å². The molecule has 2 aromatic carbocycles. The monoisotopic (exact) mass is 302 g/mol. The van der Waals surface area contributed by atoms with Gasteiger partial charge in [-0.25, -0.2) is 4.98 Å². The summed E-state index contributed by atoms with van der Waals surface area (Å²) in [6.07, 6.45) is 0. The summed E-state index contributed by atoms with van der Waals surface area (Å²) in [7, 11) is 0. The van der Waals surface area contributed by atoms with Crippen molar-refractivity contribution in [3.63, 3.8) is 0 Å². The smallest absolute Gasteiger partial charge is 0.258 e. The Morgan fingerprint density at radius 2 is 1.95 bits per heavy atom. The van der Waals surface area contributed by atoms with Crippen LogP contribution in [0, 0.1) is 0 Å². The quantitative estimate of drug-likeness (QED) is 0.747. The predicted molar refractivity (Wildman–Crippen MR) is 83.4 cm³/mol. The molecule has 0 atom stereocenters. The normalized spacial score (nSPS) is 10.8. The summed E-state index contributed by atoms with van der Waals surface area (Å²) in [4.78, 5) is 20.4. The van der Waals surface area contributed by atoms with Crippen LogP contribution in [0.2, 0.25) is 5.02 Å². The highest BCUT2D eigenvalue weighted by molar-refractivity contribution is 7.98. The van der Waals surface area contributed by atoms with Gasteiger partial charge in [0.05, 0.1) is 16.7 Å². The van der Waals surface area contributed by atoms with Gasteiger partial charge in [0, 0.05) is 9.92 Å². The minimum absolute atomic E-state index is 0.152. The van der Waals surface area contributed by atoms with Gasteiger partial charge >= 0.3 is 0 Å². The summed E-state index contributed by atoms with van der Waals surface area (Å²) in [5.74, 6) is 1.29. The van der Waals surface area contributed by atoms with E-state index in [9.17, 15) is 4.79 Å². The van der Waals surface area contributed by atoms with Crippen molar-refractivity contribution >= 4 is 34.3 Å². The standard InChI is InChI=1S/C15H11ClN2OS/c16-10-6-7-13-12(8-10)15(19)18-14(17-13)9-20-11-4-2-1-3-5-11/h1-8H,9H2,(H,17,18,19). The molecule has 0 aliphatic rings. The molecule has 0 fully saturated rings. The van der Waals surface area contributed by atoms with Crippen molar-refractivity contribution in [1.82, 2.24) is 9.97 Å². The molecule has 1 N–H and O–H groups in total. The van der Waals surface area contributed by atoms with Gasteiger partial charge in [0.15, 0.2) is 0 Å². The molecule has 3 rings (SSSR count). The van der Waals surface area contributed by atoms with Gasteiger partial charge < -0.3 is 4.98 Å². The van der Waals surface area contributed by atoms with E-state index in [1.807, 2.05) is 30.3 Å². The molecule has 0 saturated heterocycles. The first kappa shape index (κ1) is 13.2. The zero-order valence-electron chi connectivity index (χ0n) is 10.5. The highest BCUT2D eigenvalue weighted by atomic mass is 35.5. The number of H-pyrrole nitrogens is 1. The van der Waals surface area contributed by atoms with Gasteiger partial charge in [0.25, 0.3) is 5.56 Å². The predicted octanol–water partition coefficient (Wildman–Crippen LogP) is 3.87. The summed E-state index contributed by atoms with van der Waals surface area (Å²) in [6, 6.07) is 15.2. The average Bonchev–Trinajstić information content (AvgIpc) is 2.47. The zero-order chi connectivity index (χ0) is 13.9. The van der Waals surface area contributed by atoms with Crippen molar-refractivity contribution in [3.8, 4) is 0 Å². The first-order valence-corrected chi connectivity index (χ1v) is 7.45. The van der Waals surface area contributed by atoms with Crippen molar-refractivity contribution < 1.29 is 0 Å². The molecule has 20 heavy (non-hydrogen) atoms. The highest BCUT2D eigenvalue weighted by Gasteiger charge is 2.05. The van der Waals surface area contributed by atoms with E-state index in [0.717, 1.165) is 4.90 Å². The van der Waals surface area contributed by atoms with Crippen molar-refractivity contribution in [3.05, 3.63) is 69.7 Å². The molecular formula is C15H11ClN2OS. The van der Waals surface area contributed by atoms with E-state index < -0.39 is 0 Å². The van der Waals surface area contributed by atoms with Crippen LogP contribution in [0.1, 0.15) is 5.82 Å². The molecule has 3 aromatic rings. The van der Waals surface area contributed by atoms with Crippen LogP contribution in [0.25, 0.3) is 10.9 Å². The third kappa shape index (κ3) is 2.86. The van der Waals surface area contributed by atoms with E-state index in [2.05, 4.69) is 9.97 Å². The van der Waals surface area contributed by atoms with Crippen LogP contribution in [-0.4, -0.2) is 9.97 Å². The Morgan fingerprint density at radius 3 is 2.75 bits per heavy atom. The van der Waals surface area contributed by atoms with Gasteiger partial charge in [0.1, 0.15) is 5.82 Å². The minimum Gasteiger partial charge on any atom is -0.309 e. The largest absolute Gasteiger partial charge is 0.309 e. The van der Waals surface area contributed by atoms with Gasteiger partial charge in [0.2, 0.25) is 0 Å². The fourth-order valence-electron chi connectivity index (χ4n) is 1.90. The molecular weight excluding hydrogens is 292 g/mol. The number of hydrogen-bond acceptors (Lipinski definition) is 3. The van der Waals surface area contributed by atoms with Crippen molar-refractivity contribution in [2.45, 2.75) is 10.6 Å². The lowest BCUT2D eigenvalue weighted by Crippen LogP contribution is -2.11. The lowest BCUT2D eigenvalue weighted by atomic mass is 10.2. The van der Waals surface area contributed by atoms with Crippen LogP contribution in [-0.2, 0) is 5.75 Å². The van der Waals surface area contributed by atoms with E-state index in [0.29, 0.717) is 27.5 Å². The Balaban J connectivity index is 1.89. The molecule has 1 heterocycles. The second kappa shape index (κ2) is 5.69. The molecule has 3 nitrogen and oxygen atoms in total. The number of benzene rings is 2. The molecule has 0 aliphatic carbocycles. The van der Waals surface area contributed by atoms with Gasteiger partial charge in [-0.2, -0.15) is 0 Å². The number of halogens is 1. The number of nitrogens with one attached hydrogen (secondary N) is 1. The number of rotatable bonds is 3. The molecule has 0 radical (unpaired) electrons. The summed E-state index contributed by atoms with van der Waals surface area (Å²) in [6.45, 7) is 0. The maximum absolute atomic E-state index is 12.0. The molecule has 5 heteroatoms. The number of aromatic amines is 1. The summed E-state index contributed by atoms with van der Waals surface area (Å²) >= 11 is 7.52. The fraction of sp³-hybridized carbons (Fsp3) is 0.0667. The van der Waals surface area contributed by atoms with Crippen LogP contribution in [0.3, 0.4) is 0 Å². The lowest BCUT2D eigenvalue weighted by Gasteiger charge is -2.03. The summed E-state index contributed by atoms with van der Waals surface area (Å²) < 4.78 is 0. The highest BCUT2D eigenvalue weighted by Crippen LogP contribution is 2.21. The second-order valence-corrected chi connectivity index (χ2v) is 5.76. The SMILES string of the molecule is O=c1[nH]c(CSc2ccccc2)nc2ccc(Cl)cc12. The molecule has 1 aromatic heterocycles. The molecule has 100 valence electrons. The summed E-state index contributed by atoms with van der Waals surface area (Å²) in [5.41, 5.74) is 0.517. The number of aromatic nitrogens is 2. The van der Waals surface area contributed by atoms with Gasteiger partial charge in [-0.3, -0.25) is 4.79 Å². The van der Waals surface area contributed by atoms with Crippen molar-refractivity contribution in [2.24, 2.45) is 0 Å². The number of hydrogen-bond donors (Lipinski definition) is 1. The number of fused-ring (bicyclic) bond motifs is 1. The summed E-state index contributed by atoms with van der Waals surface area (Å²) in [5, 5.41) is 1.06. The van der Waals surface area contributed by atoms with E-state index in [4.69, 9.17) is 11.6 Å². The average molecular weight is 303 g/mol. The Hall–Kier alpha value is -1.78. The molecule has 0 unspecified atom stereocenters. The van der Waals surface area contributed by atoms with Crippen LogP contribution >= 0.6 is 23.4 Å². The third-order valence-electron chi connectivity index (χ3n) is 2.84. The third-order valence-corrected chi connectivity index (χ3v) is 4.09. The first-order valence-electron chi connectivity index (χ1n) is 6.09. The molecule has 0 aliphatic heterocycles. The van der Waals surface area contributed by atoms with Crippen LogP contribution in [0.4, 0.5) is 0 Å². The van der Waals surface area contributed by atoms with Crippen molar-refractivity contribution in [2.75, 3.05) is 0 Å².